The summed E-state index contributed by atoms with van der Waals surface area (Å²) < 4.78 is 4.64. The van der Waals surface area contributed by atoms with Crippen LogP contribution in [0.5, 0.6) is 0 Å². The van der Waals surface area contributed by atoms with Gasteiger partial charge in [-0.1, -0.05) is 6.08 Å². The second-order valence-electron chi connectivity index (χ2n) is 3.11. The molecule has 0 saturated carbocycles. The van der Waals surface area contributed by atoms with Crippen molar-refractivity contribution >= 4 is 11.9 Å². The highest BCUT2D eigenvalue weighted by Crippen LogP contribution is 2.25. The minimum atomic E-state index is -0.854. The summed E-state index contributed by atoms with van der Waals surface area (Å²) in [7, 11) is 1.32. The standard InChI is InChI=1S/C9H13NO3/c1-3-5-9(8(12)13-2)6-4-7(11)10-9/h3H,1,4-6H2,2H3,(H,10,11)/t9-/m0/s1. The van der Waals surface area contributed by atoms with Crippen molar-refractivity contribution in [3.05, 3.63) is 12.7 Å². The number of hydrogen-bond acceptors (Lipinski definition) is 3. The molecule has 1 N–H and O–H groups in total. The summed E-state index contributed by atoms with van der Waals surface area (Å²) in [5, 5.41) is 2.63. The summed E-state index contributed by atoms with van der Waals surface area (Å²) in [6, 6.07) is 0. The van der Waals surface area contributed by atoms with E-state index in [2.05, 4.69) is 16.6 Å². The van der Waals surface area contributed by atoms with Gasteiger partial charge in [0, 0.05) is 6.42 Å². The average molecular weight is 183 g/mol. The van der Waals surface area contributed by atoms with Crippen LogP contribution in [0.15, 0.2) is 12.7 Å². The number of nitrogens with one attached hydrogen (secondary N) is 1. The van der Waals surface area contributed by atoms with Crippen molar-refractivity contribution in [2.45, 2.75) is 24.8 Å². The Morgan fingerprint density at radius 1 is 1.85 bits per heavy atom. The lowest BCUT2D eigenvalue weighted by Gasteiger charge is -2.24. The maximum absolute atomic E-state index is 11.4. The van der Waals surface area contributed by atoms with Crippen molar-refractivity contribution < 1.29 is 14.3 Å². The van der Waals surface area contributed by atoms with Gasteiger partial charge in [0.2, 0.25) is 5.91 Å². The molecule has 1 atom stereocenters. The Labute approximate surface area is 76.9 Å². The molecule has 0 radical (unpaired) electrons. The molecule has 1 rings (SSSR count). The van der Waals surface area contributed by atoms with E-state index in [4.69, 9.17) is 0 Å². The SMILES string of the molecule is C=CC[C@@]1(C(=O)OC)CCC(=O)N1. The third-order valence-corrected chi connectivity index (χ3v) is 2.23. The van der Waals surface area contributed by atoms with Gasteiger partial charge in [0.15, 0.2) is 0 Å². The lowest BCUT2D eigenvalue weighted by molar-refractivity contribution is -0.148. The molecule has 1 amide bonds. The van der Waals surface area contributed by atoms with Gasteiger partial charge >= 0.3 is 5.97 Å². The van der Waals surface area contributed by atoms with Crippen LogP contribution in [0.4, 0.5) is 0 Å². The lowest BCUT2D eigenvalue weighted by atomic mass is 9.93. The van der Waals surface area contributed by atoms with E-state index in [1.165, 1.54) is 7.11 Å². The first-order chi connectivity index (χ1) is 6.14. The molecule has 0 unspecified atom stereocenters. The highest BCUT2D eigenvalue weighted by atomic mass is 16.5. The number of esters is 1. The van der Waals surface area contributed by atoms with Crippen LogP contribution in [0.25, 0.3) is 0 Å². The Morgan fingerprint density at radius 2 is 2.54 bits per heavy atom. The van der Waals surface area contributed by atoms with Crippen LogP contribution in [-0.2, 0) is 14.3 Å². The zero-order chi connectivity index (χ0) is 9.90. The van der Waals surface area contributed by atoms with E-state index >= 15 is 0 Å². The van der Waals surface area contributed by atoms with E-state index < -0.39 is 11.5 Å². The van der Waals surface area contributed by atoms with Gasteiger partial charge in [-0.2, -0.15) is 0 Å². The first kappa shape index (κ1) is 9.77. The number of carbonyl (C=O) groups is 2. The summed E-state index contributed by atoms with van der Waals surface area (Å²) >= 11 is 0. The molecule has 4 heteroatoms. The maximum Gasteiger partial charge on any atom is 0.331 e. The fourth-order valence-corrected chi connectivity index (χ4v) is 1.55. The van der Waals surface area contributed by atoms with E-state index in [9.17, 15) is 9.59 Å². The van der Waals surface area contributed by atoms with E-state index in [-0.39, 0.29) is 5.91 Å². The van der Waals surface area contributed by atoms with Gasteiger partial charge in [-0.25, -0.2) is 4.79 Å². The molecule has 13 heavy (non-hydrogen) atoms. The normalized spacial score (nSPS) is 26.7. The summed E-state index contributed by atoms with van der Waals surface area (Å²) in [6.07, 6.45) is 2.90. The van der Waals surface area contributed by atoms with Gasteiger partial charge in [0.25, 0.3) is 0 Å². The molecule has 1 aliphatic rings. The van der Waals surface area contributed by atoms with Crippen molar-refractivity contribution in [3.8, 4) is 0 Å². The number of rotatable bonds is 3. The summed E-state index contributed by atoms with van der Waals surface area (Å²) in [6.45, 7) is 3.55. The average Bonchev–Trinajstić information content (AvgIpc) is 2.48. The lowest BCUT2D eigenvalue weighted by Crippen LogP contribution is -2.49. The zero-order valence-corrected chi connectivity index (χ0v) is 7.63. The van der Waals surface area contributed by atoms with Gasteiger partial charge in [-0.15, -0.1) is 6.58 Å². The first-order valence-electron chi connectivity index (χ1n) is 4.15. The van der Waals surface area contributed by atoms with Crippen molar-refractivity contribution in [3.63, 3.8) is 0 Å². The smallest absolute Gasteiger partial charge is 0.331 e. The molecule has 1 heterocycles. The Bertz CT molecular complexity index is 249. The molecule has 0 aliphatic carbocycles. The van der Waals surface area contributed by atoms with Crippen molar-refractivity contribution in [1.82, 2.24) is 5.32 Å². The van der Waals surface area contributed by atoms with Crippen LogP contribution < -0.4 is 5.32 Å². The van der Waals surface area contributed by atoms with Gasteiger partial charge in [-0.3, -0.25) is 4.79 Å². The van der Waals surface area contributed by atoms with E-state index in [0.717, 1.165) is 0 Å². The third-order valence-electron chi connectivity index (χ3n) is 2.23. The van der Waals surface area contributed by atoms with Crippen LogP contribution in [0.2, 0.25) is 0 Å². The third kappa shape index (κ3) is 1.71. The first-order valence-corrected chi connectivity index (χ1v) is 4.15. The molecular formula is C9H13NO3. The minimum Gasteiger partial charge on any atom is -0.467 e. The quantitative estimate of drug-likeness (QED) is 0.508. The van der Waals surface area contributed by atoms with Crippen LogP contribution in [0.3, 0.4) is 0 Å². The number of carbonyl (C=O) groups excluding carboxylic acids is 2. The number of amides is 1. The van der Waals surface area contributed by atoms with Crippen LogP contribution in [0, 0.1) is 0 Å². The number of hydrogen-bond donors (Lipinski definition) is 1. The molecule has 0 bridgehead atoms. The van der Waals surface area contributed by atoms with E-state index in [1.807, 2.05) is 0 Å². The van der Waals surface area contributed by atoms with Gasteiger partial charge < -0.3 is 10.1 Å². The number of ether oxygens (including phenoxy) is 1. The highest BCUT2D eigenvalue weighted by molar-refractivity contribution is 5.91. The molecule has 0 aromatic carbocycles. The topological polar surface area (TPSA) is 55.4 Å². The molecule has 0 aromatic rings. The zero-order valence-electron chi connectivity index (χ0n) is 7.63. The molecule has 1 aliphatic heterocycles. The van der Waals surface area contributed by atoms with Crippen LogP contribution in [0.1, 0.15) is 19.3 Å². The predicted molar refractivity (Wildman–Crippen MR) is 46.9 cm³/mol. The van der Waals surface area contributed by atoms with Crippen LogP contribution in [-0.4, -0.2) is 24.5 Å². The molecule has 1 saturated heterocycles. The Hall–Kier alpha value is -1.32. The number of methoxy groups -OCH3 is 1. The second-order valence-corrected chi connectivity index (χ2v) is 3.11. The van der Waals surface area contributed by atoms with Gasteiger partial charge in [0.1, 0.15) is 5.54 Å². The maximum atomic E-state index is 11.4. The fourth-order valence-electron chi connectivity index (χ4n) is 1.55. The van der Waals surface area contributed by atoms with E-state index in [1.54, 1.807) is 6.08 Å². The Balaban J connectivity index is 2.81. The molecule has 0 aromatic heterocycles. The van der Waals surface area contributed by atoms with E-state index in [0.29, 0.717) is 19.3 Å². The summed E-state index contributed by atoms with van der Waals surface area (Å²) in [5.74, 6) is -0.495. The largest absolute Gasteiger partial charge is 0.467 e. The molecule has 1 fully saturated rings. The van der Waals surface area contributed by atoms with Crippen LogP contribution >= 0.6 is 0 Å². The predicted octanol–water partition coefficient (Wildman–Crippen LogP) is 0.384. The Morgan fingerprint density at radius 3 is 2.92 bits per heavy atom. The Kier molecular flexibility index (Phi) is 2.70. The summed E-state index contributed by atoms with van der Waals surface area (Å²) in [4.78, 5) is 22.4. The molecule has 0 spiro atoms. The molecule has 72 valence electrons. The second kappa shape index (κ2) is 3.60. The monoisotopic (exact) mass is 183 g/mol. The van der Waals surface area contributed by atoms with Crippen molar-refractivity contribution in [1.29, 1.82) is 0 Å². The molecule has 4 nitrogen and oxygen atoms in total. The fraction of sp³-hybridized carbons (Fsp3) is 0.556. The van der Waals surface area contributed by atoms with Crippen molar-refractivity contribution in [2.24, 2.45) is 0 Å². The van der Waals surface area contributed by atoms with Crippen molar-refractivity contribution in [2.75, 3.05) is 7.11 Å². The van der Waals surface area contributed by atoms with Gasteiger partial charge in [-0.05, 0) is 12.8 Å². The highest BCUT2D eigenvalue weighted by Gasteiger charge is 2.44. The van der Waals surface area contributed by atoms with Gasteiger partial charge in [0.05, 0.1) is 7.11 Å². The summed E-state index contributed by atoms with van der Waals surface area (Å²) in [5.41, 5.74) is -0.854. The molecular weight excluding hydrogens is 170 g/mol. The minimum absolute atomic E-state index is 0.104.